The molecule has 0 fully saturated rings. The van der Waals surface area contributed by atoms with Crippen LogP contribution in [0.25, 0.3) is 0 Å². The van der Waals surface area contributed by atoms with E-state index in [1.54, 1.807) is 0 Å². The first-order valence-electron chi connectivity index (χ1n) is 6.40. The zero-order chi connectivity index (χ0) is 14.3. The lowest BCUT2D eigenvalue weighted by atomic mass is 10.1. The lowest BCUT2D eigenvalue weighted by molar-refractivity contribution is 0.347. The highest BCUT2D eigenvalue weighted by atomic mass is 35.5. The standard InChI is InChI=1S/C15H21Cl2NO/c1-11(2)8-18-9-13-6-14(17)4-5-15(13)19-10-12(3)7-16/h4-7,11,18H,8-10H2,1-3H3/b12-7+. The summed E-state index contributed by atoms with van der Waals surface area (Å²) in [4.78, 5) is 0. The van der Waals surface area contributed by atoms with E-state index < -0.39 is 0 Å². The highest BCUT2D eigenvalue weighted by molar-refractivity contribution is 6.30. The normalized spacial score (nSPS) is 12.0. The van der Waals surface area contributed by atoms with Gasteiger partial charge in [-0.05, 0) is 43.2 Å². The zero-order valence-corrected chi connectivity index (χ0v) is 13.2. The number of rotatable bonds is 7. The van der Waals surface area contributed by atoms with Gasteiger partial charge in [-0.25, -0.2) is 0 Å². The van der Waals surface area contributed by atoms with Crippen LogP contribution in [0.3, 0.4) is 0 Å². The molecule has 0 spiro atoms. The fraction of sp³-hybridized carbons (Fsp3) is 0.467. The second kappa shape index (κ2) is 8.47. The molecule has 0 aliphatic heterocycles. The molecular formula is C15H21Cl2NO. The van der Waals surface area contributed by atoms with Crippen LogP contribution >= 0.6 is 23.2 Å². The van der Waals surface area contributed by atoms with Crippen molar-refractivity contribution in [3.05, 3.63) is 39.9 Å². The van der Waals surface area contributed by atoms with Crippen molar-refractivity contribution in [1.29, 1.82) is 0 Å². The maximum Gasteiger partial charge on any atom is 0.124 e. The average molecular weight is 302 g/mol. The molecule has 106 valence electrons. The molecule has 0 heterocycles. The van der Waals surface area contributed by atoms with Crippen LogP contribution in [0.1, 0.15) is 26.3 Å². The third kappa shape index (κ3) is 6.33. The molecule has 19 heavy (non-hydrogen) atoms. The average Bonchev–Trinajstić information content (AvgIpc) is 2.37. The Labute approximate surface area is 125 Å². The second-order valence-electron chi connectivity index (χ2n) is 5.02. The highest BCUT2D eigenvalue weighted by Gasteiger charge is 2.05. The van der Waals surface area contributed by atoms with Crippen LogP contribution in [0.15, 0.2) is 29.3 Å². The van der Waals surface area contributed by atoms with Crippen LogP contribution in [0.4, 0.5) is 0 Å². The molecule has 1 rings (SSSR count). The van der Waals surface area contributed by atoms with Gasteiger partial charge in [0.25, 0.3) is 0 Å². The Bertz CT molecular complexity index is 430. The van der Waals surface area contributed by atoms with E-state index in [1.165, 1.54) is 5.54 Å². The number of ether oxygens (including phenoxy) is 1. The molecule has 0 amide bonds. The van der Waals surface area contributed by atoms with Gasteiger partial charge in [-0.15, -0.1) is 0 Å². The Kier molecular flexibility index (Phi) is 7.29. The zero-order valence-electron chi connectivity index (χ0n) is 11.7. The van der Waals surface area contributed by atoms with E-state index in [1.807, 2.05) is 25.1 Å². The summed E-state index contributed by atoms with van der Waals surface area (Å²) < 4.78 is 5.75. The van der Waals surface area contributed by atoms with E-state index in [4.69, 9.17) is 27.9 Å². The Balaban J connectivity index is 2.68. The van der Waals surface area contributed by atoms with Crippen molar-refractivity contribution in [2.75, 3.05) is 13.2 Å². The van der Waals surface area contributed by atoms with Gasteiger partial charge in [0.05, 0.1) is 0 Å². The maximum atomic E-state index is 6.03. The number of halogens is 2. The number of nitrogens with one attached hydrogen (secondary N) is 1. The Hall–Kier alpha value is -0.700. The second-order valence-corrected chi connectivity index (χ2v) is 5.68. The molecule has 1 N–H and O–H groups in total. The van der Waals surface area contributed by atoms with Gasteiger partial charge in [-0.2, -0.15) is 0 Å². The molecule has 2 nitrogen and oxygen atoms in total. The smallest absolute Gasteiger partial charge is 0.124 e. The maximum absolute atomic E-state index is 6.03. The van der Waals surface area contributed by atoms with E-state index in [0.29, 0.717) is 12.5 Å². The van der Waals surface area contributed by atoms with Gasteiger partial charge >= 0.3 is 0 Å². The summed E-state index contributed by atoms with van der Waals surface area (Å²) in [5, 5.41) is 4.11. The molecule has 1 aromatic carbocycles. The fourth-order valence-electron chi connectivity index (χ4n) is 1.55. The van der Waals surface area contributed by atoms with Crippen LogP contribution in [-0.2, 0) is 6.54 Å². The molecule has 1 aromatic rings. The minimum absolute atomic E-state index is 0.488. The van der Waals surface area contributed by atoms with Crippen molar-refractivity contribution in [2.45, 2.75) is 27.3 Å². The van der Waals surface area contributed by atoms with E-state index in [-0.39, 0.29) is 0 Å². The van der Waals surface area contributed by atoms with E-state index in [0.717, 1.165) is 35.0 Å². The van der Waals surface area contributed by atoms with Crippen molar-refractivity contribution in [1.82, 2.24) is 5.32 Å². The van der Waals surface area contributed by atoms with E-state index in [2.05, 4.69) is 19.2 Å². The van der Waals surface area contributed by atoms with Crippen LogP contribution in [0, 0.1) is 5.92 Å². The molecule has 4 heteroatoms. The van der Waals surface area contributed by atoms with Crippen molar-refractivity contribution in [2.24, 2.45) is 5.92 Å². The largest absolute Gasteiger partial charge is 0.489 e. The third-order valence-corrected chi connectivity index (χ3v) is 3.14. The van der Waals surface area contributed by atoms with E-state index >= 15 is 0 Å². The lowest BCUT2D eigenvalue weighted by Gasteiger charge is -2.13. The monoisotopic (exact) mass is 301 g/mol. The van der Waals surface area contributed by atoms with Crippen molar-refractivity contribution in [3.63, 3.8) is 0 Å². The molecule has 0 unspecified atom stereocenters. The number of hydrogen-bond donors (Lipinski definition) is 1. The van der Waals surface area contributed by atoms with Gasteiger partial charge < -0.3 is 10.1 Å². The van der Waals surface area contributed by atoms with E-state index in [9.17, 15) is 0 Å². The van der Waals surface area contributed by atoms with Crippen molar-refractivity contribution >= 4 is 23.2 Å². The summed E-state index contributed by atoms with van der Waals surface area (Å²) in [7, 11) is 0. The number of benzene rings is 1. The third-order valence-electron chi connectivity index (χ3n) is 2.53. The summed E-state index contributed by atoms with van der Waals surface area (Å²) in [6.07, 6.45) is 0. The Morgan fingerprint density at radius 1 is 1.42 bits per heavy atom. The Morgan fingerprint density at radius 3 is 2.79 bits per heavy atom. The van der Waals surface area contributed by atoms with Gasteiger partial charge in [-0.3, -0.25) is 0 Å². The van der Waals surface area contributed by atoms with Crippen LogP contribution < -0.4 is 10.1 Å². The van der Waals surface area contributed by atoms with Crippen LogP contribution in [-0.4, -0.2) is 13.2 Å². The molecule has 0 saturated heterocycles. The molecule has 0 radical (unpaired) electrons. The molecule has 0 aliphatic rings. The molecule has 0 aliphatic carbocycles. The van der Waals surface area contributed by atoms with Gasteiger partial charge in [-0.1, -0.05) is 37.0 Å². The predicted octanol–water partition coefficient (Wildman–Crippen LogP) is 4.61. The minimum Gasteiger partial charge on any atom is -0.489 e. The van der Waals surface area contributed by atoms with Crippen molar-refractivity contribution < 1.29 is 4.74 Å². The van der Waals surface area contributed by atoms with Gasteiger partial charge in [0.2, 0.25) is 0 Å². The quantitative estimate of drug-likeness (QED) is 0.794. The summed E-state index contributed by atoms with van der Waals surface area (Å²) in [6.45, 7) is 8.49. The topological polar surface area (TPSA) is 21.3 Å². The van der Waals surface area contributed by atoms with Crippen molar-refractivity contribution in [3.8, 4) is 5.75 Å². The van der Waals surface area contributed by atoms with Gasteiger partial charge in [0, 0.05) is 22.7 Å². The number of hydrogen-bond acceptors (Lipinski definition) is 2. The minimum atomic E-state index is 0.488. The highest BCUT2D eigenvalue weighted by Crippen LogP contribution is 2.23. The predicted molar refractivity (Wildman–Crippen MR) is 83.1 cm³/mol. The molecule has 0 aromatic heterocycles. The summed E-state index contributed by atoms with van der Waals surface area (Å²) in [5.41, 5.74) is 3.58. The summed E-state index contributed by atoms with van der Waals surface area (Å²) in [6, 6.07) is 5.67. The van der Waals surface area contributed by atoms with Gasteiger partial charge in [0.1, 0.15) is 12.4 Å². The van der Waals surface area contributed by atoms with Gasteiger partial charge in [0.15, 0.2) is 0 Å². The van der Waals surface area contributed by atoms with Crippen LogP contribution in [0.5, 0.6) is 5.75 Å². The SMILES string of the molecule is C/C(=C\Cl)COc1ccc(Cl)cc1CNCC(C)C. The first kappa shape index (κ1) is 16.4. The molecular weight excluding hydrogens is 281 g/mol. The molecule has 0 atom stereocenters. The lowest BCUT2D eigenvalue weighted by Crippen LogP contribution is -2.19. The summed E-state index contributed by atoms with van der Waals surface area (Å²) >= 11 is 11.7. The molecule has 0 saturated carbocycles. The Morgan fingerprint density at radius 2 is 2.16 bits per heavy atom. The first-order chi connectivity index (χ1) is 9.02. The summed E-state index contributed by atoms with van der Waals surface area (Å²) in [5.74, 6) is 1.46. The van der Waals surface area contributed by atoms with Crippen LogP contribution in [0.2, 0.25) is 5.02 Å². The molecule has 0 bridgehead atoms. The fourth-order valence-corrected chi connectivity index (χ4v) is 1.80. The first-order valence-corrected chi connectivity index (χ1v) is 7.22.